The summed E-state index contributed by atoms with van der Waals surface area (Å²) in [4.78, 5) is 35.1. The maximum Gasteiger partial charge on any atom is 0.405 e. The lowest BCUT2D eigenvalue weighted by Gasteiger charge is -2.18. The number of rotatable bonds is 8. The Hall–Kier alpha value is -2.23. The molecule has 0 spiro atoms. The number of amides is 2. The highest BCUT2D eigenvalue weighted by Gasteiger charge is 2.28. The minimum atomic E-state index is -4.57. The predicted molar refractivity (Wildman–Crippen MR) is 85.0 cm³/mol. The molecule has 0 saturated carbocycles. The van der Waals surface area contributed by atoms with E-state index in [0.29, 0.717) is 5.56 Å². The van der Waals surface area contributed by atoms with Crippen LogP contribution in [0.2, 0.25) is 0 Å². The van der Waals surface area contributed by atoms with E-state index in [1.807, 2.05) is 6.26 Å². The quantitative estimate of drug-likeness (QED) is 0.476. The maximum absolute atomic E-state index is 12.0. The molecular formula is C15H17F3N2O4S. The van der Waals surface area contributed by atoms with Gasteiger partial charge in [0.2, 0.25) is 11.8 Å². The molecule has 0 aliphatic carbocycles. The van der Waals surface area contributed by atoms with Crippen LogP contribution in [0.1, 0.15) is 24.4 Å². The predicted octanol–water partition coefficient (Wildman–Crippen LogP) is 2.11. The number of alkyl halides is 3. The van der Waals surface area contributed by atoms with Gasteiger partial charge in [-0.2, -0.15) is 13.2 Å². The summed E-state index contributed by atoms with van der Waals surface area (Å²) in [5, 5.41) is 12.9. The smallest absolute Gasteiger partial charge is 0.405 e. The summed E-state index contributed by atoms with van der Waals surface area (Å²) in [5.74, 6) is -3.12. The standard InChI is InChI=1S/C15H17F3N2O4S/c1-25-10-4-2-9(3-5-10)11(6-14(23)24)20-13(22)7-12(21)19-8-15(16,17)18/h2-5,11H,6-8H2,1H3,(H,19,21)(H,20,22)(H,23,24). The van der Waals surface area contributed by atoms with Crippen molar-refractivity contribution < 1.29 is 32.7 Å². The van der Waals surface area contributed by atoms with Crippen LogP contribution < -0.4 is 10.6 Å². The Balaban J connectivity index is 2.69. The molecule has 10 heteroatoms. The zero-order chi connectivity index (χ0) is 19.0. The molecule has 25 heavy (non-hydrogen) atoms. The van der Waals surface area contributed by atoms with Crippen LogP contribution in [0.3, 0.4) is 0 Å². The van der Waals surface area contributed by atoms with E-state index in [1.54, 1.807) is 29.6 Å². The van der Waals surface area contributed by atoms with E-state index in [9.17, 15) is 27.6 Å². The van der Waals surface area contributed by atoms with Crippen LogP contribution in [0.5, 0.6) is 0 Å². The third-order valence-corrected chi connectivity index (χ3v) is 3.78. The van der Waals surface area contributed by atoms with Gasteiger partial charge in [-0.05, 0) is 24.0 Å². The van der Waals surface area contributed by atoms with Crippen molar-refractivity contribution in [2.75, 3.05) is 12.8 Å². The van der Waals surface area contributed by atoms with E-state index < -0.39 is 49.4 Å². The molecule has 1 aromatic rings. The van der Waals surface area contributed by atoms with Gasteiger partial charge in [0.05, 0.1) is 12.5 Å². The number of hydrogen-bond acceptors (Lipinski definition) is 4. The Morgan fingerprint density at radius 2 is 1.76 bits per heavy atom. The number of aliphatic carboxylic acids is 1. The normalized spacial score (nSPS) is 12.3. The molecule has 1 unspecified atom stereocenters. The number of nitrogens with one attached hydrogen (secondary N) is 2. The van der Waals surface area contributed by atoms with Gasteiger partial charge in [0.15, 0.2) is 0 Å². The molecule has 0 radical (unpaired) electrons. The van der Waals surface area contributed by atoms with Crippen LogP contribution in [-0.4, -0.2) is 41.9 Å². The fraction of sp³-hybridized carbons (Fsp3) is 0.400. The summed E-state index contributed by atoms with van der Waals surface area (Å²) >= 11 is 1.48. The highest BCUT2D eigenvalue weighted by molar-refractivity contribution is 7.98. The largest absolute Gasteiger partial charge is 0.481 e. The average Bonchev–Trinajstić information content (AvgIpc) is 2.51. The van der Waals surface area contributed by atoms with Crippen molar-refractivity contribution in [1.82, 2.24) is 10.6 Å². The first-order valence-corrected chi connectivity index (χ1v) is 8.31. The first-order valence-electron chi connectivity index (χ1n) is 7.09. The number of carbonyl (C=O) groups excluding carboxylic acids is 2. The van der Waals surface area contributed by atoms with E-state index >= 15 is 0 Å². The number of carbonyl (C=O) groups is 3. The monoisotopic (exact) mass is 378 g/mol. The molecule has 0 fully saturated rings. The fourth-order valence-electron chi connectivity index (χ4n) is 1.92. The third-order valence-electron chi connectivity index (χ3n) is 3.04. The summed E-state index contributed by atoms with van der Waals surface area (Å²) in [6.45, 7) is -1.53. The molecule has 0 aliphatic rings. The Bertz CT molecular complexity index is 620. The van der Waals surface area contributed by atoms with Crippen molar-refractivity contribution in [1.29, 1.82) is 0 Å². The van der Waals surface area contributed by atoms with Crippen LogP contribution in [0.25, 0.3) is 0 Å². The molecular weight excluding hydrogens is 361 g/mol. The van der Waals surface area contributed by atoms with Crippen LogP contribution in [-0.2, 0) is 14.4 Å². The van der Waals surface area contributed by atoms with Gasteiger partial charge in [-0.15, -0.1) is 11.8 Å². The van der Waals surface area contributed by atoms with Crippen LogP contribution >= 0.6 is 11.8 Å². The van der Waals surface area contributed by atoms with Gasteiger partial charge in [0.1, 0.15) is 13.0 Å². The summed E-state index contributed by atoms with van der Waals surface area (Å²) in [7, 11) is 0. The first kappa shape index (κ1) is 20.8. The Labute approximate surface area is 146 Å². The number of benzene rings is 1. The fourth-order valence-corrected chi connectivity index (χ4v) is 2.32. The molecule has 1 rings (SSSR count). The van der Waals surface area contributed by atoms with E-state index in [-0.39, 0.29) is 0 Å². The van der Waals surface area contributed by atoms with Gasteiger partial charge in [-0.3, -0.25) is 14.4 Å². The number of hydrogen-bond donors (Lipinski definition) is 3. The molecule has 6 nitrogen and oxygen atoms in total. The zero-order valence-electron chi connectivity index (χ0n) is 13.2. The average molecular weight is 378 g/mol. The lowest BCUT2D eigenvalue weighted by atomic mass is 10.0. The molecule has 0 bridgehead atoms. The Morgan fingerprint density at radius 3 is 2.24 bits per heavy atom. The van der Waals surface area contributed by atoms with Gasteiger partial charge < -0.3 is 15.7 Å². The topological polar surface area (TPSA) is 95.5 Å². The third kappa shape index (κ3) is 8.43. The molecule has 0 aromatic heterocycles. The second-order valence-corrected chi connectivity index (χ2v) is 5.94. The lowest BCUT2D eigenvalue weighted by Crippen LogP contribution is -2.38. The van der Waals surface area contributed by atoms with Crippen molar-refractivity contribution in [2.24, 2.45) is 0 Å². The molecule has 0 saturated heterocycles. The second-order valence-electron chi connectivity index (χ2n) is 5.06. The van der Waals surface area contributed by atoms with Crippen molar-refractivity contribution in [2.45, 2.75) is 30.0 Å². The van der Waals surface area contributed by atoms with Crippen molar-refractivity contribution in [3.8, 4) is 0 Å². The SMILES string of the molecule is CSc1ccc(C(CC(=O)O)NC(=O)CC(=O)NCC(F)(F)F)cc1. The Morgan fingerprint density at radius 1 is 1.16 bits per heavy atom. The van der Waals surface area contributed by atoms with Crippen molar-refractivity contribution >= 4 is 29.5 Å². The summed E-state index contributed by atoms with van der Waals surface area (Å²) in [5.41, 5.74) is 0.518. The molecule has 1 aromatic carbocycles. The maximum atomic E-state index is 12.0. The number of carboxylic acid groups (broad SMARTS) is 1. The summed E-state index contributed by atoms with van der Waals surface area (Å²) < 4.78 is 36.0. The summed E-state index contributed by atoms with van der Waals surface area (Å²) in [6.07, 6.45) is -3.95. The molecule has 3 N–H and O–H groups in total. The van der Waals surface area contributed by atoms with E-state index in [4.69, 9.17) is 5.11 Å². The first-order chi connectivity index (χ1) is 11.6. The summed E-state index contributed by atoms with van der Waals surface area (Å²) in [6, 6.07) is 5.89. The highest BCUT2D eigenvalue weighted by Crippen LogP contribution is 2.21. The Kier molecular flexibility index (Phi) is 7.75. The van der Waals surface area contributed by atoms with E-state index in [1.165, 1.54) is 11.8 Å². The van der Waals surface area contributed by atoms with Crippen LogP contribution in [0.15, 0.2) is 29.2 Å². The van der Waals surface area contributed by atoms with Gasteiger partial charge >= 0.3 is 12.1 Å². The van der Waals surface area contributed by atoms with Gasteiger partial charge in [0, 0.05) is 4.90 Å². The lowest BCUT2D eigenvalue weighted by molar-refractivity contribution is -0.141. The number of thioether (sulfide) groups is 1. The molecule has 1 atom stereocenters. The van der Waals surface area contributed by atoms with E-state index in [0.717, 1.165) is 4.90 Å². The highest BCUT2D eigenvalue weighted by atomic mass is 32.2. The van der Waals surface area contributed by atoms with Crippen molar-refractivity contribution in [3.05, 3.63) is 29.8 Å². The molecule has 138 valence electrons. The molecule has 2 amide bonds. The van der Waals surface area contributed by atoms with Gasteiger partial charge in [-0.25, -0.2) is 0 Å². The van der Waals surface area contributed by atoms with Crippen LogP contribution in [0.4, 0.5) is 13.2 Å². The zero-order valence-corrected chi connectivity index (χ0v) is 14.0. The number of halogens is 3. The minimum Gasteiger partial charge on any atom is -0.481 e. The number of carboxylic acids is 1. The molecule has 0 heterocycles. The van der Waals surface area contributed by atoms with Gasteiger partial charge in [0.25, 0.3) is 0 Å². The van der Waals surface area contributed by atoms with Crippen molar-refractivity contribution in [3.63, 3.8) is 0 Å². The van der Waals surface area contributed by atoms with Crippen LogP contribution in [0, 0.1) is 0 Å². The molecule has 0 aliphatic heterocycles. The van der Waals surface area contributed by atoms with E-state index in [2.05, 4.69) is 5.32 Å². The van der Waals surface area contributed by atoms with Gasteiger partial charge in [-0.1, -0.05) is 12.1 Å². The second kappa shape index (κ2) is 9.30. The minimum absolute atomic E-state index is 0.422.